The molecule has 1 saturated heterocycles. The van der Waals surface area contributed by atoms with Crippen LogP contribution in [0.2, 0.25) is 0 Å². The van der Waals surface area contributed by atoms with E-state index in [0.29, 0.717) is 0 Å². The van der Waals surface area contributed by atoms with E-state index in [2.05, 4.69) is 5.32 Å². The maximum absolute atomic E-state index is 11.6. The Bertz CT molecular complexity index is 331. The van der Waals surface area contributed by atoms with Gasteiger partial charge in [-0.1, -0.05) is 0 Å². The molecular formula is C9H14N2O6. The summed E-state index contributed by atoms with van der Waals surface area (Å²) in [6.45, 7) is 0.348. The number of carboxylic acids is 2. The van der Waals surface area contributed by atoms with Crippen LogP contribution in [0.25, 0.3) is 0 Å². The summed E-state index contributed by atoms with van der Waals surface area (Å²) < 4.78 is 4.96. The molecule has 8 heteroatoms. The average Bonchev–Trinajstić information content (AvgIpc) is 2.62. The van der Waals surface area contributed by atoms with Crippen molar-refractivity contribution >= 4 is 17.8 Å². The van der Waals surface area contributed by atoms with Crippen molar-refractivity contribution < 1.29 is 29.3 Å². The summed E-state index contributed by atoms with van der Waals surface area (Å²) in [6, 6.07) is -1.94. The van der Waals surface area contributed by atoms with Gasteiger partial charge in [-0.3, -0.25) is 9.59 Å². The third kappa shape index (κ3) is 3.68. The number of nitrogens with one attached hydrogen (secondary N) is 1. The first-order valence-corrected chi connectivity index (χ1v) is 5.00. The number of amides is 1. The summed E-state index contributed by atoms with van der Waals surface area (Å²) in [7, 11) is 0. The first kappa shape index (κ1) is 13.4. The molecule has 1 rings (SSSR count). The molecule has 5 N–H and O–H groups in total. The highest BCUT2D eigenvalue weighted by Gasteiger charge is 2.34. The normalized spacial score (nSPS) is 25.2. The largest absolute Gasteiger partial charge is 0.481 e. The number of ether oxygens (including phenoxy) is 1. The second kappa shape index (κ2) is 5.60. The number of hydrogen-bond donors (Lipinski definition) is 4. The molecule has 0 radical (unpaired) electrons. The second-order valence-electron chi connectivity index (χ2n) is 3.81. The lowest BCUT2D eigenvalue weighted by Crippen LogP contribution is -2.48. The van der Waals surface area contributed by atoms with Gasteiger partial charge in [-0.25, -0.2) is 4.79 Å². The predicted molar refractivity (Wildman–Crippen MR) is 54.1 cm³/mol. The fourth-order valence-corrected chi connectivity index (χ4v) is 1.49. The SMILES string of the molecule is NC1COCC1C(=O)NC(CC(=O)O)C(=O)O. The standard InChI is InChI=1S/C9H14N2O6/c10-5-3-17-2-4(5)8(14)11-6(9(15)16)1-7(12)13/h4-6H,1-3,10H2,(H,11,14)(H,12,13)(H,15,16). The Morgan fingerprint density at radius 2 is 2.00 bits per heavy atom. The fourth-order valence-electron chi connectivity index (χ4n) is 1.49. The van der Waals surface area contributed by atoms with E-state index in [9.17, 15) is 14.4 Å². The summed E-state index contributed by atoms with van der Waals surface area (Å²) in [5.41, 5.74) is 5.58. The van der Waals surface area contributed by atoms with Gasteiger partial charge in [0.1, 0.15) is 6.04 Å². The van der Waals surface area contributed by atoms with Crippen molar-refractivity contribution in [3.05, 3.63) is 0 Å². The zero-order valence-corrected chi connectivity index (χ0v) is 8.96. The molecule has 1 aliphatic heterocycles. The third-order valence-corrected chi connectivity index (χ3v) is 2.45. The molecule has 0 aromatic carbocycles. The fraction of sp³-hybridized carbons (Fsp3) is 0.667. The maximum atomic E-state index is 11.6. The van der Waals surface area contributed by atoms with E-state index in [1.54, 1.807) is 0 Å². The van der Waals surface area contributed by atoms with E-state index in [-0.39, 0.29) is 13.2 Å². The van der Waals surface area contributed by atoms with Gasteiger partial charge in [0.05, 0.1) is 25.6 Å². The molecule has 3 atom stereocenters. The number of carbonyl (C=O) groups excluding carboxylic acids is 1. The molecule has 1 heterocycles. The van der Waals surface area contributed by atoms with E-state index in [4.69, 9.17) is 20.7 Å². The van der Waals surface area contributed by atoms with Crippen molar-refractivity contribution in [2.24, 2.45) is 11.7 Å². The van der Waals surface area contributed by atoms with Crippen LogP contribution in [0.4, 0.5) is 0 Å². The molecule has 0 spiro atoms. The van der Waals surface area contributed by atoms with Crippen LogP contribution in [0.3, 0.4) is 0 Å². The van der Waals surface area contributed by atoms with E-state index < -0.39 is 42.3 Å². The van der Waals surface area contributed by atoms with Gasteiger partial charge in [0.2, 0.25) is 5.91 Å². The summed E-state index contributed by atoms with van der Waals surface area (Å²) >= 11 is 0. The van der Waals surface area contributed by atoms with Crippen LogP contribution in [0.15, 0.2) is 0 Å². The highest BCUT2D eigenvalue weighted by atomic mass is 16.5. The Kier molecular flexibility index (Phi) is 4.41. The molecular weight excluding hydrogens is 232 g/mol. The lowest BCUT2D eigenvalue weighted by Gasteiger charge is -2.17. The van der Waals surface area contributed by atoms with Crippen LogP contribution in [0, 0.1) is 5.92 Å². The first-order chi connectivity index (χ1) is 7.91. The average molecular weight is 246 g/mol. The van der Waals surface area contributed by atoms with Crippen molar-refractivity contribution in [2.45, 2.75) is 18.5 Å². The second-order valence-corrected chi connectivity index (χ2v) is 3.81. The van der Waals surface area contributed by atoms with Crippen molar-refractivity contribution in [1.29, 1.82) is 0 Å². The molecule has 1 aliphatic rings. The van der Waals surface area contributed by atoms with Crippen molar-refractivity contribution in [3.8, 4) is 0 Å². The highest BCUT2D eigenvalue weighted by molar-refractivity contribution is 5.88. The van der Waals surface area contributed by atoms with Gasteiger partial charge in [0, 0.05) is 6.04 Å². The van der Waals surface area contributed by atoms with Gasteiger partial charge in [-0.15, -0.1) is 0 Å². The summed E-state index contributed by atoms with van der Waals surface area (Å²) in [4.78, 5) is 32.8. The van der Waals surface area contributed by atoms with Crippen LogP contribution in [-0.4, -0.2) is 53.4 Å². The topological polar surface area (TPSA) is 139 Å². The molecule has 3 unspecified atom stereocenters. The van der Waals surface area contributed by atoms with Crippen molar-refractivity contribution in [1.82, 2.24) is 5.32 Å². The first-order valence-electron chi connectivity index (χ1n) is 5.00. The molecule has 1 amide bonds. The molecule has 17 heavy (non-hydrogen) atoms. The number of rotatable bonds is 5. The highest BCUT2D eigenvalue weighted by Crippen LogP contribution is 2.12. The smallest absolute Gasteiger partial charge is 0.326 e. The Morgan fingerprint density at radius 1 is 1.35 bits per heavy atom. The number of hydrogen-bond acceptors (Lipinski definition) is 5. The molecule has 0 bridgehead atoms. The minimum atomic E-state index is -1.45. The van der Waals surface area contributed by atoms with Gasteiger partial charge >= 0.3 is 11.9 Å². The summed E-state index contributed by atoms with van der Waals surface area (Å²) in [5, 5.41) is 19.4. The van der Waals surface area contributed by atoms with E-state index >= 15 is 0 Å². The lowest BCUT2D eigenvalue weighted by atomic mass is 10.0. The van der Waals surface area contributed by atoms with E-state index in [1.165, 1.54) is 0 Å². The van der Waals surface area contributed by atoms with E-state index in [0.717, 1.165) is 0 Å². The van der Waals surface area contributed by atoms with Gasteiger partial charge in [-0.05, 0) is 0 Å². The van der Waals surface area contributed by atoms with Crippen LogP contribution >= 0.6 is 0 Å². The maximum Gasteiger partial charge on any atom is 0.326 e. The van der Waals surface area contributed by atoms with E-state index in [1.807, 2.05) is 0 Å². The Labute approximate surface area is 96.7 Å². The minimum absolute atomic E-state index is 0.117. The summed E-state index contributed by atoms with van der Waals surface area (Å²) in [6.07, 6.45) is -0.677. The molecule has 0 aromatic heterocycles. The quantitative estimate of drug-likeness (QED) is 0.440. The molecule has 8 nitrogen and oxygen atoms in total. The summed E-state index contributed by atoms with van der Waals surface area (Å²) in [5.74, 6) is -3.92. The van der Waals surface area contributed by atoms with Gasteiger partial charge in [-0.2, -0.15) is 0 Å². The Morgan fingerprint density at radius 3 is 2.41 bits per heavy atom. The molecule has 0 aromatic rings. The molecule has 0 aliphatic carbocycles. The Balaban J connectivity index is 2.57. The number of aliphatic carboxylic acids is 2. The monoisotopic (exact) mass is 246 g/mol. The number of carbonyl (C=O) groups is 3. The van der Waals surface area contributed by atoms with Crippen molar-refractivity contribution in [2.75, 3.05) is 13.2 Å². The molecule has 1 fully saturated rings. The van der Waals surface area contributed by atoms with Gasteiger partial charge in [0.25, 0.3) is 0 Å². The number of carboxylic acid groups (broad SMARTS) is 2. The lowest BCUT2D eigenvalue weighted by molar-refractivity contribution is -0.147. The zero-order chi connectivity index (χ0) is 13.0. The van der Waals surface area contributed by atoms with Gasteiger partial charge in [0.15, 0.2) is 0 Å². The van der Waals surface area contributed by atoms with Crippen LogP contribution < -0.4 is 11.1 Å². The number of nitrogens with two attached hydrogens (primary N) is 1. The predicted octanol–water partition coefficient (Wildman–Crippen LogP) is -2.00. The third-order valence-electron chi connectivity index (χ3n) is 2.45. The Hall–Kier alpha value is -1.67. The molecule has 96 valence electrons. The van der Waals surface area contributed by atoms with Crippen LogP contribution in [-0.2, 0) is 19.1 Å². The molecule has 0 saturated carbocycles. The van der Waals surface area contributed by atoms with Crippen LogP contribution in [0.5, 0.6) is 0 Å². The van der Waals surface area contributed by atoms with Gasteiger partial charge < -0.3 is 26.0 Å². The van der Waals surface area contributed by atoms with Crippen LogP contribution in [0.1, 0.15) is 6.42 Å². The minimum Gasteiger partial charge on any atom is -0.481 e. The zero-order valence-electron chi connectivity index (χ0n) is 8.96. The van der Waals surface area contributed by atoms with Crippen molar-refractivity contribution in [3.63, 3.8) is 0 Å².